The van der Waals surface area contributed by atoms with Crippen LogP contribution in [-0.4, -0.2) is 33.3 Å². The Hall–Kier alpha value is -3.03. The molecule has 40 heavy (non-hydrogen) atoms. The summed E-state index contributed by atoms with van der Waals surface area (Å²) in [6.45, 7) is 0. The Bertz CT molecular complexity index is 1690. The van der Waals surface area contributed by atoms with Crippen molar-refractivity contribution in [2.45, 2.75) is 29.7 Å². The molecule has 1 aliphatic carbocycles. The third-order valence-corrected chi connectivity index (χ3v) is 10.3. The van der Waals surface area contributed by atoms with E-state index in [0.717, 1.165) is 33.8 Å². The normalized spacial score (nSPS) is 16.7. The van der Waals surface area contributed by atoms with Crippen molar-refractivity contribution in [1.29, 1.82) is 0 Å². The number of hydrogen-bond acceptors (Lipinski definition) is 3. The maximum absolute atomic E-state index is 13.7. The molecule has 4 aromatic carbocycles. The molecule has 9 heteroatoms. The maximum Gasteiger partial charge on any atom is 0.264 e. The SMILES string of the molecule is CN(C(=O)c1cccc(S(=O)(=O)N(C)c2cccc(Cl)c2)c1)[C@H]1CC[C@@H](c2ccc(Cl)c(Cl)c2)c2ccccc21. The van der Waals surface area contributed by atoms with Crippen molar-refractivity contribution >= 4 is 56.4 Å². The first-order valence-corrected chi connectivity index (χ1v) is 15.3. The maximum atomic E-state index is 13.7. The fourth-order valence-electron chi connectivity index (χ4n) is 5.35. The Balaban J connectivity index is 1.42. The topological polar surface area (TPSA) is 57.7 Å². The molecule has 2 atom stereocenters. The van der Waals surface area contributed by atoms with Crippen molar-refractivity contribution < 1.29 is 13.2 Å². The molecule has 0 saturated carbocycles. The third-order valence-electron chi connectivity index (χ3n) is 7.50. The van der Waals surface area contributed by atoms with Crippen LogP contribution < -0.4 is 4.31 Å². The Morgan fingerprint density at radius 2 is 1.50 bits per heavy atom. The van der Waals surface area contributed by atoms with E-state index in [9.17, 15) is 13.2 Å². The molecule has 0 aliphatic heterocycles. The van der Waals surface area contributed by atoms with Gasteiger partial charge in [0.15, 0.2) is 0 Å². The van der Waals surface area contributed by atoms with Crippen LogP contribution in [0.15, 0.2) is 95.9 Å². The highest BCUT2D eigenvalue weighted by atomic mass is 35.5. The first-order chi connectivity index (χ1) is 19.1. The van der Waals surface area contributed by atoms with Crippen molar-refractivity contribution in [1.82, 2.24) is 4.90 Å². The van der Waals surface area contributed by atoms with Crippen LogP contribution in [0.25, 0.3) is 0 Å². The third kappa shape index (κ3) is 5.46. The molecule has 0 unspecified atom stereocenters. The highest BCUT2D eigenvalue weighted by molar-refractivity contribution is 7.92. The van der Waals surface area contributed by atoms with Crippen LogP contribution in [0, 0.1) is 0 Å². The lowest BCUT2D eigenvalue weighted by Crippen LogP contribution is -2.34. The Labute approximate surface area is 250 Å². The fraction of sp³-hybridized carbons (Fsp3) is 0.194. The average molecular weight is 614 g/mol. The number of hydrogen-bond donors (Lipinski definition) is 0. The summed E-state index contributed by atoms with van der Waals surface area (Å²) in [5.74, 6) is -0.128. The summed E-state index contributed by atoms with van der Waals surface area (Å²) in [6.07, 6.45) is 1.55. The molecular weight excluding hydrogens is 587 g/mol. The zero-order valence-corrected chi connectivity index (χ0v) is 25.0. The standard InChI is InChI=1S/C31H27Cl3N2O3S/c1-35(30-16-14-25(26-11-3-4-12-27(26)30)20-13-15-28(33)29(34)18-20)31(37)21-7-5-10-24(17-21)40(38,39)36(2)23-9-6-8-22(32)19-23/h3-13,15,17-19,25,30H,14,16H2,1-2H3/t25-,30-/m0/s1. The summed E-state index contributed by atoms with van der Waals surface area (Å²) in [5.41, 5.74) is 4.00. The summed E-state index contributed by atoms with van der Waals surface area (Å²) in [5, 5.41) is 1.46. The molecule has 0 fully saturated rings. The number of carbonyl (C=O) groups is 1. The van der Waals surface area contributed by atoms with E-state index in [1.54, 1.807) is 48.3 Å². The molecule has 5 rings (SSSR count). The van der Waals surface area contributed by atoms with Gasteiger partial charge in [-0.2, -0.15) is 0 Å². The van der Waals surface area contributed by atoms with Gasteiger partial charge in [0, 0.05) is 30.6 Å². The number of carbonyl (C=O) groups excluding carboxylic acids is 1. The van der Waals surface area contributed by atoms with E-state index in [4.69, 9.17) is 34.8 Å². The van der Waals surface area contributed by atoms with Crippen molar-refractivity contribution in [2.24, 2.45) is 0 Å². The lowest BCUT2D eigenvalue weighted by molar-refractivity contribution is 0.0712. The van der Waals surface area contributed by atoms with Crippen molar-refractivity contribution in [3.05, 3.63) is 128 Å². The lowest BCUT2D eigenvalue weighted by Gasteiger charge is -2.37. The predicted molar refractivity (Wildman–Crippen MR) is 162 cm³/mol. The summed E-state index contributed by atoms with van der Waals surface area (Å²) < 4.78 is 28.0. The molecular formula is C31H27Cl3N2O3S. The van der Waals surface area contributed by atoms with E-state index in [1.165, 1.54) is 19.2 Å². The van der Waals surface area contributed by atoms with E-state index >= 15 is 0 Å². The van der Waals surface area contributed by atoms with Gasteiger partial charge < -0.3 is 4.90 Å². The molecule has 4 aromatic rings. The number of benzene rings is 4. The van der Waals surface area contributed by atoms with Gasteiger partial charge in [-0.05, 0) is 78.1 Å². The Morgan fingerprint density at radius 3 is 2.23 bits per heavy atom. The second-order valence-corrected chi connectivity index (χ2v) is 13.1. The zero-order chi connectivity index (χ0) is 28.6. The summed E-state index contributed by atoms with van der Waals surface area (Å²) >= 11 is 18.5. The number of anilines is 1. The van der Waals surface area contributed by atoms with Crippen LogP contribution in [0.4, 0.5) is 5.69 Å². The molecule has 0 heterocycles. The van der Waals surface area contributed by atoms with Crippen LogP contribution >= 0.6 is 34.8 Å². The van der Waals surface area contributed by atoms with Gasteiger partial charge in [-0.3, -0.25) is 9.10 Å². The molecule has 1 aliphatic rings. The second-order valence-electron chi connectivity index (χ2n) is 9.84. The van der Waals surface area contributed by atoms with Crippen LogP contribution in [0.5, 0.6) is 0 Å². The molecule has 0 spiro atoms. The van der Waals surface area contributed by atoms with Crippen LogP contribution in [-0.2, 0) is 10.0 Å². The van der Waals surface area contributed by atoms with Gasteiger partial charge in [0.25, 0.3) is 15.9 Å². The van der Waals surface area contributed by atoms with E-state index in [1.807, 2.05) is 36.4 Å². The minimum atomic E-state index is -3.92. The van der Waals surface area contributed by atoms with Crippen molar-refractivity contribution in [3.8, 4) is 0 Å². The monoisotopic (exact) mass is 612 g/mol. The molecule has 0 aromatic heterocycles. The zero-order valence-electron chi connectivity index (χ0n) is 21.9. The van der Waals surface area contributed by atoms with Gasteiger partial charge >= 0.3 is 0 Å². The lowest BCUT2D eigenvalue weighted by atomic mass is 9.76. The first-order valence-electron chi connectivity index (χ1n) is 12.7. The van der Waals surface area contributed by atoms with Crippen LogP contribution in [0.1, 0.15) is 51.8 Å². The van der Waals surface area contributed by atoms with E-state index < -0.39 is 10.0 Å². The van der Waals surface area contributed by atoms with Gasteiger partial charge in [-0.25, -0.2) is 8.42 Å². The van der Waals surface area contributed by atoms with Gasteiger partial charge in [0.1, 0.15) is 0 Å². The summed E-state index contributed by atoms with van der Waals surface area (Å²) in [4.78, 5) is 15.4. The number of sulfonamides is 1. The first kappa shape index (κ1) is 28.5. The minimum Gasteiger partial charge on any atom is -0.335 e. The highest BCUT2D eigenvalue weighted by Gasteiger charge is 2.33. The highest BCUT2D eigenvalue weighted by Crippen LogP contribution is 2.44. The minimum absolute atomic E-state index is 0.0259. The smallest absolute Gasteiger partial charge is 0.264 e. The molecule has 0 N–H and O–H groups in total. The van der Waals surface area contributed by atoms with Crippen molar-refractivity contribution in [2.75, 3.05) is 18.4 Å². The van der Waals surface area contributed by atoms with E-state index in [-0.39, 0.29) is 22.8 Å². The fourth-order valence-corrected chi connectivity index (χ4v) is 7.07. The second kappa shape index (κ2) is 11.5. The summed E-state index contributed by atoms with van der Waals surface area (Å²) in [6, 6.07) is 26.4. The number of rotatable bonds is 6. The quantitative estimate of drug-likeness (QED) is 0.220. The van der Waals surface area contributed by atoms with Gasteiger partial charge in [0.05, 0.1) is 26.7 Å². The Kier molecular flexibility index (Phi) is 8.16. The molecule has 5 nitrogen and oxygen atoms in total. The number of nitrogens with zero attached hydrogens (tertiary/aromatic N) is 2. The van der Waals surface area contributed by atoms with Gasteiger partial charge in [-0.1, -0.05) is 77.3 Å². The number of fused-ring (bicyclic) bond motifs is 1. The predicted octanol–water partition coefficient (Wildman–Crippen LogP) is 8.21. The van der Waals surface area contributed by atoms with Crippen LogP contribution in [0.2, 0.25) is 15.1 Å². The molecule has 0 saturated heterocycles. The Morgan fingerprint density at radius 1 is 0.775 bits per heavy atom. The van der Waals surface area contributed by atoms with Gasteiger partial charge in [-0.15, -0.1) is 0 Å². The number of amides is 1. The molecule has 0 radical (unpaired) electrons. The van der Waals surface area contributed by atoms with E-state index in [0.29, 0.717) is 26.3 Å². The van der Waals surface area contributed by atoms with Crippen LogP contribution in [0.3, 0.4) is 0 Å². The van der Waals surface area contributed by atoms with Crippen molar-refractivity contribution in [3.63, 3.8) is 0 Å². The largest absolute Gasteiger partial charge is 0.335 e. The molecule has 1 amide bonds. The van der Waals surface area contributed by atoms with Gasteiger partial charge in [0.2, 0.25) is 0 Å². The molecule has 0 bridgehead atoms. The molecule has 206 valence electrons. The van der Waals surface area contributed by atoms with E-state index in [2.05, 4.69) is 6.07 Å². The summed E-state index contributed by atoms with van der Waals surface area (Å²) in [7, 11) is -0.695. The number of halogens is 3. The average Bonchev–Trinajstić information content (AvgIpc) is 2.97.